The first kappa shape index (κ1) is 11.0. The van der Waals surface area contributed by atoms with Crippen molar-refractivity contribution in [3.05, 3.63) is 0 Å². The Hall–Kier alpha value is -0.0800. The fraction of sp³-hybridized carbons (Fsp3) is 1.00. The van der Waals surface area contributed by atoms with Crippen LogP contribution in [0.1, 0.15) is 46.0 Å². The first-order valence-electron chi connectivity index (χ1n) is 5.65. The zero-order valence-electron chi connectivity index (χ0n) is 8.96. The molecule has 2 heteroatoms. The molecule has 0 bridgehead atoms. The van der Waals surface area contributed by atoms with E-state index in [1.807, 2.05) is 6.92 Å². The summed E-state index contributed by atoms with van der Waals surface area (Å²) in [6, 6.07) is 0.255. The Labute approximate surface area is 81.8 Å². The minimum absolute atomic E-state index is 0.255. The fourth-order valence-corrected chi connectivity index (χ4v) is 1.78. The van der Waals surface area contributed by atoms with E-state index in [0.717, 1.165) is 25.4 Å². The second-order valence-electron chi connectivity index (χ2n) is 4.09. The van der Waals surface area contributed by atoms with Gasteiger partial charge in [0, 0.05) is 12.6 Å². The van der Waals surface area contributed by atoms with Gasteiger partial charge in [0.2, 0.25) is 0 Å². The van der Waals surface area contributed by atoms with Gasteiger partial charge >= 0.3 is 0 Å². The molecule has 2 N–H and O–H groups in total. The third-order valence-corrected chi connectivity index (χ3v) is 2.87. The van der Waals surface area contributed by atoms with Gasteiger partial charge in [-0.25, -0.2) is 0 Å². The van der Waals surface area contributed by atoms with Gasteiger partial charge < -0.3 is 10.5 Å². The molecule has 0 amide bonds. The van der Waals surface area contributed by atoms with E-state index < -0.39 is 0 Å². The first-order valence-corrected chi connectivity index (χ1v) is 5.65. The van der Waals surface area contributed by atoms with Gasteiger partial charge in [0.1, 0.15) is 0 Å². The monoisotopic (exact) mass is 185 g/mol. The molecule has 0 aromatic carbocycles. The summed E-state index contributed by atoms with van der Waals surface area (Å²) in [5.41, 5.74) is 6.07. The highest BCUT2D eigenvalue weighted by atomic mass is 16.5. The van der Waals surface area contributed by atoms with Crippen molar-refractivity contribution in [2.24, 2.45) is 11.7 Å². The van der Waals surface area contributed by atoms with E-state index in [2.05, 4.69) is 6.92 Å². The third-order valence-electron chi connectivity index (χ3n) is 2.87. The molecule has 1 fully saturated rings. The number of rotatable bonds is 7. The smallest absolute Gasteiger partial charge is 0.0723 e. The Bertz CT molecular complexity index is 134. The SMILES string of the molecule is CCOC(CC)C(N)CCC1CC1. The molecule has 0 aliphatic heterocycles. The summed E-state index contributed by atoms with van der Waals surface area (Å²) >= 11 is 0. The van der Waals surface area contributed by atoms with E-state index in [4.69, 9.17) is 10.5 Å². The number of hydrogen-bond acceptors (Lipinski definition) is 2. The lowest BCUT2D eigenvalue weighted by atomic mass is 10.0. The van der Waals surface area contributed by atoms with Crippen LogP contribution in [0.25, 0.3) is 0 Å². The molecule has 0 aromatic rings. The minimum Gasteiger partial charge on any atom is -0.377 e. The van der Waals surface area contributed by atoms with Crippen molar-refractivity contribution in [1.29, 1.82) is 0 Å². The molecule has 1 rings (SSSR count). The van der Waals surface area contributed by atoms with Crippen LogP contribution in [0.15, 0.2) is 0 Å². The lowest BCUT2D eigenvalue weighted by Crippen LogP contribution is -2.36. The Morgan fingerprint density at radius 3 is 2.54 bits per heavy atom. The second kappa shape index (κ2) is 5.61. The lowest BCUT2D eigenvalue weighted by molar-refractivity contribution is 0.0389. The summed E-state index contributed by atoms with van der Waals surface area (Å²) in [6.07, 6.45) is 6.63. The second-order valence-corrected chi connectivity index (χ2v) is 4.09. The highest BCUT2D eigenvalue weighted by Gasteiger charge is 2.23. The number of nitrogens with two attached hydrogens (primary N) is 1. The van der Waals surface area contributed by atoms with Crippen molar-refractivity contribution in [3.63, 3.8) is 0 Å². The molecule has 1 aliphatic carbocycles. The predicted molar refractivity (Wildman–Crippen MR) is 55.6 cm³/mol. The minimum atomic E-state index is 0.255. The average molecular weight is 185 g/mol. The fourth-order valence-electron chi connectivity index (χ4n) is 1.78. The Morgan fingerprint density at radius 1 is 1.38 bits per heavy atom. The molecule has 0 saturated heterocycles. The Morgan fingerprint density at radius 2 is 2.08 bits per heavy atom. The van der Waals surface area contributed by atoms with E-state index in [1.54, 1.807) is 0 Å². The molecule has 2 atom stereocenters. The molecule has 1 aliphatic rings. The maximum atomic E-state index is 6.07. The average Bonchev–Trinajstić information content (AvgIpc) is 2.93. The maximum Gasteiger partial charge on any atom is 0.0723 e. The highest BCUT2D eigenvalue weighted by molar-refractivity contribution is 4.78. The standard InChI is InChI=1S/C11H23NO/c1-3-11(13-4-2)10(12)8-7-9-5-6-9/h9-11H,3-8,12H2,1-2H3. The first-order chi connectivity index (χ1) is 6.27. The summed E-state index contributed by atoms with van der Waals surface area (Å²) in [4.78, 5) is 0. The summed E-state index contributed by atoms with van der Waals surface area (Å²) in [5, 5.41) is 0. The van der Waals surface area contributed by atoms with E-state index in [9.17, 15) is 0 Å². The molecule has 0 spiro atoms. The van der Waals surface area contributed by atoms with E-state index in [0.29, 0.717) is 0 Å². The molecular formula is C11H23NO. The molecule has 0 radical (unpaired) electrons. The molecule has 2 unspecified atom stereocenters. The Balaban J connectivity index is 2.12. The van der Waals surface area contributed by atoms with Gasteiger partial charge in [0.05, 0.1) is 6.10 Å². The molecular weight excluding hydrogens is 162 g/mol. The van der Waals surface area contributed by atoms with Crippen molar-refractivity contribution in [3.8, 4) is 0 Å². The quantitative estimate of drug-likeness (QED) is 0.660. The van der Waals surface area contributed by atoms with Gasteiger partial charge in [-0.2, -0.15) is 0 Å². The van der Waals surface area contributed by atoms with Gasteiger partial charge in [-0.3, -0.25) is 0 Å². The van der Waals surface area contributed by atoms with E-state index >= 15 is 0 Å². The van der Waals surface area contributed by atoms with Crippen LogP contribution in [0.3, 0.4) is 0 Å². The van der Waals surface area contributed by atoms with Crippen LogP contribution in [0.2, 0.25) is 0 Å². The van der Waals surface area contributed by atoms with Gasteiger partial charge in [-0.15, -0.1) is 0 Å². The van der Waals surface area contributed by atoms with Crippen LogP contribution in [0, 0.1) is 5.92 Å². The third kappa shape index (κ3) is 4.10. The zero-order valence-corrected chi connectivity index (χ0v) is 8.96. The number of hydrogen-bond donors (Lipinski definition) is 1. The summed E-state index contributed by atoms with van der Waals surface area (Å²) < 4.78 is 5.58. The highest BCUT2D eigenvalue weighted by Crippen LogP contribution is 2.34. The zero-order chi connectivity index (χ0) is 9.68. The van der Waals surface area contributed by atoms with Crippen LogP contribution in [0.5, 0.6) is 0 Å². The number of ether oxygens (including phenoxy) is 1. The largest absolute Gasteiger partial charge is 0.377 e. The van der Waals surface area contributed by atoms with Crippen molar-refractivity contribution in [2.75, 3.05) is 6.61 Å². The van der Waals surface area contributed by atoms with Gasteiger partial charge in [0.15, 0.2) is 0 Å². The molecule has 2 nitrogen and oxygen atoms in total. The normalized spacial score (nSPS) is 21.5. The van der Waals surface area contributed by atoms with Crippen LogP contribution < -0.4 is 5.73 Å². The van der Waals surface area contributed by atoms with Crippen LogP contribution in [0.4, 0.5) is 0 Å². The van der Waals surface area contributed by atoms with Crippen molar-refractivity contribution < 1.29 is 4.74 Å². The lowest BCUT2D eigenvalue weighted by Gasteiger charge is -2.22. The molecule has 0 aromatic heterocycles. The summed E-state index contributed by atoms with van der Waals surface area (Å²) in [5.74, 6) is 0.991. The van der Waals surface area contributed by atoms with Crippen molar-refractivity contribution in [2.45, 2.75) is 58.1 Å². The molecule has 0 heterocycles. The van der Waals surface area contributed by atoms with Crippen LogP contribution in [-0.2, 0) is 4.74 Å². The van der Waals surface area contributed by atoms with E-state index in [-0.39, 0.29) is 12.1 Å². The van der Waals surface area contributed by atoms with Crippen LogP contribution >= 0.6 is 0 Å². The summed E-state index contributed by atoms with van der Waals surface area (Å²) in [7, 11) is 0. The summed E-state index contributed by atoms with van der Waals surface area (Å²) in [6.45, 7) is 4.98. The maximum absolute atomic E-state index is 6.07. The predicted octanol–water partition coefficient (Wildman–Crippen LogP) is 2.32. The molecule has 78 valence electrons. The Kier molecular flexibility index (Phi) is 4.74. The molecule has 1 saturated carbocycles. The van der Waals surface area contributed by atoms with Gasteiger partial charge in [-0.1, -0.05) is 19.8 Å². The van der Waals surface area contributed by atoms with Crippen molar-refractivity contribution >= 4 is 0 Å². The molecule has 13 heavy (non-hydrogen) atoms. The van der Waals surface area contributed by atoms with Gasteiger partial charge in [-0.05, 0) is 32.1 Å². The topological polar surface area (TPSA) is 35.2 Å². The van der Waals surface area contributed by atoms with E-state index in [1.165, 1.54) is 19.3 Å². The van der Waals surface area contributed by atoms with Crippen molar-refractivity contribution in [1.82, 2.24) is 0 Å². The van der Waals surface area contributed by atoms with Gasteiger partial charge in [0.25, 0.3) is 0 Å². The van der Waals surface area contributed by atoms with Crippen LogP contribution in [-0.4, -0.2) is 18.8 Å².